The molecule has 2 aromatic heterocycles. The summed E-state index contributed by atoms with van der Waals surface area (Å²) in [7, 11) is 0. The minimum absolute atomic E-state index is 0.0344. The van der Waals surface area contributed by atoms with Crippen molar-refractivity contribution in [1.29, 1.82) is 0 Å². The predicted molar refractivity (Wildman–Crippen MR) is 52.4 cm³/mol. The van der Waals surface area contributed by atoms with Crippen LogP contribution in [0.3, 0.4) is 0 Å². The number of imidazole rings is 1. The molecule has 2 aromatic rings. The van der Waals surface area contributed by atoms with Crippen LogP contribution in [-0.2, 0) is 4.79 Å². The molecule has 78 valence electrons. The van der Waals surface area contributed by atoms with Gasteiger partial charge in [0.25, 0.3) is 0 Å². The average Bonchev–Trinajstić information content (AvgIpc) is 2.61. The predicted octanol–water partition coefficient (Wildman–Crippen LogP) is -0.144. The summed E-state index contributed by atoms with van der Waals surface area (Å²) >= 11 is 0. The minimum Gasteiger partial charge on any atom is -0.481 e. The number of carboxylic acids is 1. The molecule has 15 heavy (non-hydrogen) atoms. The zero-order valence-corrected chi connectivity index (χ0v) is 7.87. The zero-order chi connectivity index (χ0) is 10.8. The summed E-state index contributed by atoms with van der Waals surface area (Å²) in [6.07, 6.45) is 4.81. The van der Waals surface area contributed by atoms with E-state index in [0.29, 0.717) is 11.3 Å². The van der Waals surface area contributed by atoms with E-state index < -0.39 is 11.9 Å². The Hall–Kier alpha value is -1.95. The molecule has 2 heterocycles. The molecule has 0 aliphatic heterocycles. The van der Waals surface area contributed by atoms with Crippen LogP contribution in [0.1, 0.15) is 11.6 Å². The molecule has 0 saturated carbocycles. The second kappa shape index (κ2) is 3.66. The van der Waals surface area contributed by atoms with Crippen LogP contribution in [0.4, 0.5) is 0 Å². The van der Waals surface area contributed by atoms with Gasteiger partial charge < -0.3 is 10.8 Å². The van der Waals surface area contributed by atoms with Crippen LogP contribution >= 0.6 is 0 Å². The fourth-order valence-corrected chi connectivity index (χ4v) is 1.38. The van der Waals surface area contributed by atoms with E-state index in [4.69, 9.17) is 10.8 Å². The summed E-state index contributed by atoms with van der Waals surface area (Å²) in [5.74, 6) is -1.72. The number of fused-ring (bicyclic) bond motifs is 1. The molecular weight excluding hydrogens is 196 g/mol. The topological polar surface area (TPSA) is 93.5 Å². The van der Waals surface area contributed by atoms with Crippen molar-refractivity contribution in [3.05, 3.63) is 30.5 Å². The molecule has 0 spiro atoms. The van der Waals surface area contributed by atoms with Crippen LogP contribution in [0.25, 0.3) is 5.65 Å². The molecular formula is C9H10N4O2. The zero-order valence-electron chi connectivity index (χ0n) is 7.87. The van der Waals surface area contributed by atoms with Crippen molar-refractivity contribution >= 4 is 11.6 Å². The molecule has 6 nitrogen and oxygen atoms in total. The Morgan fingerprint density at radius 3 is 3.07 bits per heavy atom. The fourth-order valence-electron chi connectivity index (χ4n) is 1.38. The third-order valence-electron chi connectivity index (χ3n) is 2.17. The van der Waals surface area contributed by atoms with E-state index in [1.54, 1.807) is 29.2 Å². The number of rotatable bonds is 3. The molecule has 2 rings (SSSR count). The Morgan fingerprint density at radius 2 is 2.47 bits per heavy atom. The fraction of sp³-hybridized carbons (Fsp3) is 0.222. The summed E-state index contributed by atoms with van der Waals surface area (Å²) in [6, 6.07) is 1.71. The summed E-state index contributed by atoms with van der Waals surface area (Å²) < 4.78 is 1.67. The number of hydrogen-bond donors (Lipinski definition) is 2. The van der Waals surface area contributed by atoms with Crippen molar-refractivity contribution in [2.75, 3.05) is 6.54 Å². The second-order valence-corrected chi connectivity index (χ2v) is 3.14. The Bertz CT molecular complexity index is 461. The minimum atomic E-state index is -0.964. The largest absolute Gasteiger partial charge is 0.481 e. The third kappa shape index (κ3) is 1.66. The third-order valence-corrected chi connectivity index (χ3v) is 2.17. The normalized spacial score (nSPS) is 12.9. The molecule has 0 aliphatic rings. The number of nitrogens with zero attached hydrogens (tertiary/aromatic N) is 3. The maximum Gasteiger partial charge on any atom is 0.313 e. The highest BCUT2D eigenvalue weighted by atomic mass is 16.4. The van der Waals surface area contributed by atoms with Crippen molar-refractivity contribution in [3.63, 3.8) is 0 Å². The SMILES string of the molecule is NCC(C(=O)O)c1cn2cnccc2n1. The maximum atomic E-state index is 10.9. The van der Waals surface area contributed by atoms with E-state index in [1.807, 2.05) is 0 Å². The monoisotopic (exact) mass is 206 g/mol. The van der Waals surface area contributed by atoms with Gasteiger partial charge in [-0.2, -0.15) is 0 Å². The smallest absolute Gasteiger partial charge is 0.313 e. The molecule has 0 bridgehead atoms. The number of carboxylic acid groups (broad SMARTS) is 1. The standard InChI is InChI=1S/C9H10N4O2/c10-3-6(9(14)15)7-4-13-5-11-2-1-8(13)12-7/h1-2,4-6H,3,10H2,(H,14,15). The molecule has 3 N–H and O–H groups in total. The van der Waals surface area contributed by atoms with Crippen LogP contribution in [0.2, 0.25) is 0 Å². The van der Waals surface area contributed by atoms with E-state index in [-0.39, 0.29) is 6.54 Å². The van der Waals surface area contributed by atoms with Crippen LogP contribution < -0.4 is 5.73 Å². The van der Waals surface area contributed by atoms with Gasteiger partial charge in [0, 0.05) is 18.9 Å². The Morgan fingerprint density at radius 1 is 1.67 bits per heavy atom. The number of nitrogens with two attached hydrogens (primary N) is 1. The van der Waals surface area contributed by atoms with Crippen molar-refractivity contribution in [2.45, 2.75) is 5.92 Å². The van der Waals surface area contributed by atoms with Gasteiger partial charge in [-0.1, -0.05) is 0 Å². The highest BCUT2D eigenvalue weighted by Gasteiger charge is 2.20. The van der Waals surface area contributed by atoms with E-state index in [2.05, 4.69) is 9.97 Å². The number of hydrogen-bond acceptors (Lipinski definition) is 4. The quantitative estimate of drug-likeness (QED) is 0.728. The van der Waals surface area contributed by atoms with Gasteiger partial charge in [-0.3, -0.25) is 9.20 Å². The molecule has 0 saturated heterocycles. The first kappa shape index (κ1) is 9.60. The van der Waals surface area contributed by atoms with Crippen LogP contribution in [0, 0.1) is 0 Å². The molecule has 1 atom stereocenters. The van der Waals surface area contributed by atoms with E-state index in [9.17, 15) is 4.79 Å². The summed E-state index contributed by atoms with van der Waals surface area (Å²) in [5.41, 5.74) is 6.50. The molecule has 0 aliphatic carbocycles. The van der Waals surface area contributed by atoms with E-state index in [0.717, 1.165) is 0 Å². The van der Waals surface area contributed by atoms with Crippen molar-refractivity contribution in [2.24, 2.45) is 5.73 Å². The number of carbonyl (C=O) groups is 1. The van der Waals surface area contributed by atoms with Crippen molar-refractivity contribution in [1.82, 2.24) is 14.4 Å². The Labute approximate surface area is 85.4 Å². The molecule has 0 radical (unpaired) electrons. The van der Waals surface area contributed by atoms with Crippen LogP contribution in [0.15, 0.2) is 24.8 Å². The van der Waals surface area contributed by atoms with E-state index in [1.165, 1.54) is 0 Å². The first-order valence-electron chi connectivity index (χ1n) is 4.44. The average molecular weight is 206 g/mol. The van der Waals surface area contributed by atoms with Crippen LogP contribution in [0.5, 0.6) is 0 Å². The van der Waals surface area contributed by atoms with Gasteiger partial charge in [0.2, 0.25) is 0 Å². The van der Waals surface area contributed by atoms with Gasteiger partial charge in [0.15, 0.2) is 0 Å². The van der Waals surface area contributed by atoms with Crippen LogP contribution in [-0.4, -0.2) is 32.0 Å². The Balaban J connectivity index is 2.47. The lowest BCUT2D eigenvalue weighted by Gasteiger charge is -2.04. The molecule has 0 fully saturated rings. The molecule has 6 heteroatoms. The van der Waals surface area contributed by atoms with Gasteiger partial charge >= 0.3 is 5.97 Å². The lowest BCUT2D eigenvalue weighted by atomic mass is 10.1. The highest BCUT2D eigenvalue weighted by Crippen LogP contribution is 2.14. The van der Waals surface area contributed by atoms with Gasteiger partial charge in [0.05, 0.1) is 5.69 Å². The lowest BCUT2D eigenvalue weighted by Crippen LogP contribution is -2.21. The molecule has 0 aromatic carbocycles. The first-order valence-corrected chi connectivity index (χ1v) is 4.44. The highest BCUT2D eigenvalue weighted by molar-refractivity contribution is 5.76. The number of aliphatic carboxylic acids is 1. The molecule has 1 unspecified atom stereocenters. The van der Waals surface area contributed by atoms with Gasteiger partial charge in [0.1, 0.15) is 17.9 Å². The summed E-state index contributed by atoms with van der Waals surface area (Å²) in [5, 5.41) is 8.91. The lowest BCUT2D eigenvalue weighted by molar-refractivity contribution is -0.138. The Kier molecular flexibility index (Phi) is 2.34. The van der Waals surface area contributed by atoms with Crippen molar-refractivity contribution < 1.29 is 9.90 Å². The maximum absolute atomic E-state index is 10.9. The molecule has 0 amide bonds. The van der Waals surface area contributed by atoms with Gasteiger partial charge in [-0.15, -0.1) is 0 Å². The van der Waals surface area contributed by atoms with Gasteiger partial charge in [-0.05, 0) is 6.07 Å². The summed E-state index contributed by atoms with van der Waals surface area (Å²) in [6.45, 7) is 0.0344. The number of aromatic nitrogens is 3. The van der Waals surface area contributed by atoms with Crippen molar-refractivity contribution in [3.8, 4) is 0 Å². The summed E-state index contributed by atoms with van der Waals surface area (Å²) in [4.78, 5) is 18.9. The second-order valence-electron chi connectivity index (χ2n) is 3.14. The van der Waals surface area contributed by atoms with Gasteiger partial charge in [-0.25, -0.2) is 9.97 Å². The van der Waals surface area contributed by atoms with E-state index >= 15 is 0 Å². The first-order chi connectivity index (χ1) is 7.22.